The normalized spacial score (nSPS) is 16.6. The van der Waals surface area contributed by atoms with E-state index in [1.165, 1.54) is 0 Å². The Kier molecular flexibility index (Phi) is 2.55. The molecule has 1 aromatic carbocycles. The van der Waals surface area contributed by atoms with Crippen LogP contribution in [0.25, 0.3) is 5.57 Å². The van der Waals surface area contributed by atoms with Gasteiger partial charge in [0.25, 0.3) is 0 Å². The molecule has 0 heterocycles. The van der Waals surface area contributed by atoms with Gasteiger partial charge in [0, 0.05) is 16.5 Å². The van der Waals surface area contributed by atoms with E-state index in [9.17, 15) is 4.79 Å². The quantitative estimate of drug-likeness (QED) is 0.746. The van der Waals surface area contributed by atoms with Crippen molar-refractivity contribution in [3.05, 3.63) is 39.9 Å². The highest BCUT2D eigenvalue weighted by molar-refractivity contribution is 9.11. The van der Waals surface area contributed by atoms with Crippen molar-refractivity contribution in [2.75, 3.05) is 0 Å². The SMILES string of the molecule is Cc1ccccc1C1=C(Br)CCC1=O. The van der Waals surface area contributed by atoms with Crippen molar-refractivity contribution in [3.63, 3.8) is 0 Å². The van der Waals surface area contributed by atoms with Crippen molar-refractivity contribution < 1.29 is 4.79 Å². The molecule has 1 aliphatic rings. The Balaban J connectivity index is 2.55. The van der Waals surface area contributed by atoms with E-state index in [4.69, 9.17) is 0 Å². The minimum atomic E-state index is 0.256. The molecule has 72 valence electrons. The van der Waals surface area contributed by atoms with Crippen LogP contribution < -0.4 is 0 Å². The summed E-state index contributed by atoms with van der Waals surface area (Å²) in [5.41, 5.74) is 3.11. The summed E-state index contributed by atoms with van der Waals surface area (Å²) in [4.78, 5) is 11.6. The molecule has 0 aromatic heterocycles. The molecule has 0 bridgehead atoms. The van der Waals surface area contributed by atoms with Gasteiger partial charge in [-0.3, -0.25) is 4.79 Å². The molecule has 0 saturated heterocycles. The van der Waals surface area contributed by atoms with Gasteiger partial charge < -0.3 is 0 Å². The van der Waals surface area contributed by atoms with E-state index in [0.717, 1.165) is 27.6 Å². The molecule has 2 rings (SSSR count). The lowest BCUT2D eigenvalue weighted by atomic mass is 10.00. The first-order valence-electron chi connectivity index (χ1n) is 4.68. The molecular formula is C12H11BrO. The molecule has 0 aliphatic heterocycles. The summed E-state index contributed by atoms with van der Waals surface area (Å²) in [6.07, 6.45) is 1.49. The maximum Gasteiger partial charge on any atom is 0.164 e. The number of ketones is 1. The standard InChI is InChI=1S/C12H11BrO/c1-8-4-2-3-5-9(8)12-10(13)6-7-11(12)14/h2-5H,6-7H2,1H3. The second-order valence-electron chi connectivity index (χ2n) is 3.52. The molecular weight excluding hydrogens is 240 g/mol. The van der Waals surface area contributed by atoms with E-state index in [2.05, 4.69) is 15.9 Å². The summed E-state index contributed by atoms with van der Waals surface area (Å²) in [6.45, 7) is 2.04. The van der Waals surface area contributed by atoms with Crippen LogP contribution >= 0.6 is 15.9 Å². The first-order chi connectivity index (χ1) is 6.70. The van der Waals surface area contributed by atoms with Crippen LogP contribution in [0.5, 0.6) is 0 Å². The molecule has 0 N–H and O–H groups in total. The fourth-order valence-corrected chi connectivity index (χ4v) is 2.41. The number of halogens is 1. The monoisotopic (exact) mass is 250 g/mol. The molecule has 14 heavy (non-hydrogen) atoms. The second kappa shape index (κ2) is 3.70. The summed E-state index contributed by atoms with van der Waals surface area (Å²) in [6, 6.07) is 8.01. The smallest absolute Gasteiger partial charge is 0.164 e. The Labute approximate surface area is 92.0 Å². The van der Waals surface area contributed by atoms with Crippen LogP contribution in [0.15, 0.2) is 28.7 Å². The molecule has 0 saturated carbocycles. The average molecular weight is 251 g/mol. The molecule has 1 aliphatic carbocycles. The predicted molar refractivity (Wildman–Crippen MR) is 61.3 cm³/mol. The zero-order chi connectivity index (χ0) is 10.1. The van der Waals surface area contributed by atoms with Crippen molar-refractivity contribution >= 4 is 27.3 Å². The Hall–Kier alpha value is -0.890. The van der Waals surface area contributed by atoms with Gasteiger partial charge in [0.2, 0.25) is 0 Å². The van der Waals surface area contributed by atoms with Crippen LogP contribution in [-0.4, -0.2) is 5.78 Å². The van der Waals surface area contributed by atoms with E-state index in [0.29, 0.717) is 6.42 Å². The van der Waals surface area contributed by atoms with Crippen molar-refractivity contribution in [1.82, 2.24) is 0 Å². The number of aryl methyl sites for hydroxylation is 1. The maximum absolute atomic E-state index is 11.6. The third kappa shape index (κ3) is 1.55. The third-order valence-corrected chi connectivity index (χ3v) is 3.33. The third-order valence-electron chi connectivity index (χ3n) is 2.54. The van der Waals surface area contributed by atoms with E-state index >= 15 is 0 Å². The van der Waals surface area contributed by atoms with Crippen molar-refractivity contribution in [2.24, 2.45) is 0 Å². The number of carbonyl (C=O) groups is 1. The minimum Gasteiger partial charge on any atom is -0.294 e. The first-order valence-corrected chi connectivity index (χ1v) is 5.47. The lowest BCUT2D eigenvalue weighted by Gasteiger charge is -2.05. The Morgan fingerprint density at radius 1 is 1.21 bits per heavy atom. The number of allylic oxidation sites excluding steroid dienone is 2. The minimum absolute atomic E-state index is 0.256. The summed E-state index contributed by atoms with van der Waals surface area (Å²) < 4.78 is 1.05. The molecule has 0 radical (unpaired) electrons. The zero-order valence-electron chi connectivity index (χ0n) is 8.01. The summed E-state index contributed by atoms with van der Waals surface area (Å²) in [5, 5.41) is 0. The molecule has 0 spiro atoms. The van der Waals surface area contributed by atoms with Gasteiger partial charge >= 0.3 is 0 Å². The van der Waals surface area contributed by atoms with Gasteiger partial charge in [-0.2, -0.15) is 0 Å². The lowest BCUT2D eigenvalue weighted by molar-refractivity contribution is -0.113. The molecule has 0 fully saturated rings. The van der Waals surface area contributed by atoms with E-state index in [1.54, 1.807) is 0 Å². The number of hydrogen-bond acceptors (Lipinski definition) is 1. The number of Topliss-reactive ketones (excluding diaryl/α,β-unsaturated/α-hetero) is 1. The molecule has 1 aromatic rings. The van der Waals surface area contributed by atoms with Crippen molar-refractivity contribution in [3.8, 4) is 0 Å². The highest BCUT2D eigenvalue weighted by atomic mass is 79.9. The average Bonchev–Trinajstić information content (AvgIpc) is 2.48. The molecule has 0 unspecified atom stereocenters. The van der Waals surface area contributed by atoms with Gasteiger partial charge in [0.05, 0.1) is 0 Å². The summed E-state index contributed by atoms with van der Waals surface area (Å²) in [7, 11) is 0. The largest absolute Gasteiger partial charge is 0.294 e. The molecule has 0 amide bonds. The highest BCUT2D eigenvalue weighted by Crippen LogP contribution is 2.35. The van der Waals surface area contributed by atoms with Gasteiger partial charge in [-0.25, -0.2) is 0 Å². The number of benzene rings is 1. The first kappa shape index (κ1) is 9.66. The van der Waals surface area contributed by atoms with Crippen molar-refractivity contribution in [2.45, 2.75) is 19.8 Å². The molecule has 0 atom stereocenters. The summed E-state index contributed by atoms with van der Waals surface area (Å²) in [5.74, 6) is 0.256. The van der Waals surface area contributed by atoms with Gasteiger partial charge in [0.15, 0.2) is 5.78 Å². The van der Waals surface area contributed by atoms with Crippen LogP contribution in [0.1, 0.15) is 24.0 Å². The van der Waals surface area contributed by atoms with Crippen LogP contribution in [0.3, 0.4) is 0 Å². The maximum atomic E-state index is 11.6. The lowest BCUT2D eigenvalue weighted by Crippen LogP contribution is -1.97. The van der Waals surface area contributed by atoms with Crippen LogP contribution in [0.4, 0.5) is 0 Å². The van der Waals surface area contributed by atoms with Gasteiger partial charge in [-0.05, 0) is 24.5 Å². The van der Waals surface area contributed by atoms with Crippen LogP contribution in [0.2, 0.25) is 0 Å². The highest BCUT2D eigenvalue weighted by Gasteiger charge is 2.23. The van der Waals surface area contributed by atoms with Gasteiger partial charge in [0.1, 0.15) is 0 Å². The van der Waals surface area contributed by atoms with Gasteiger partial charge in [-0.1, -0.05) is 40.2 Å². The molecule has 2 heteroatoms. The number of hydrogen-bond donors (Lipinski definition) is 0. The topological polar surface area (TPSA) is 17.1 Å². The zero-order valence-corrected chi connectivity index (χ0v) is 9.60. The van der Waals surface area contributed by atoms with E-state index in [-0.39, 0.29) is 5.78 Å². The second-order valence-corrected chi connectivity index (χ2v) is 4.48. The van der Waals surface area contributed by atoms with Crippen molar-refractivity contribution in [1.29, 1.82) is 0 Å². The van der Waals surface area contributed by atoms with Gasteiger partial charge in [-0.15, -0.1) is 0 Å². The van der Waals surface area contributed by atoms with Crippen LogP contribution in [0, 0.1) is 6.92 Å². The number of rotatable bonds is 1. The Morgan fingerprint density at radius 3 is 2.50 bits per heavy atom. The summed E-state index contributed by atoms with van der Waals surface area (Å²) >= 11 is 3.47. The Bertz CT molecular complexity index is 418. The Morgan fingerprint density at radius 2 is 1.93 bits per heavy atom. The van der Waals surface area contributed by atoms with E-state index < -0.39 is 0 Å². The van der Waals surface area contributed by atoms with Crippen LogP contribution in [-0.2, 0) is 4.79 Å². The van der Waals surface area contributed by atoms with E-state index in [1.807, 2.05) is 31.2 Å². The fourth-order valence-electron chi connectivity index (χ4n) is 1.77. The number of carbonyl (C=O) groups excluding carboxylic acids is 1. The molecule has 1 nitrogen and oxygen atoms in total. The fraction of sp³-hybridized carbons (Fsp3) is 0.250. The predicted octanol–water partition coefficient (Wildman–Crippen LogP) is 3.46.